The van der Waals surface area contributed by atoms with Crippen molar-refractivity contribution in [2.24, 2.45) is 0 Å². The van der Waals surface area contributed by atoms with E-state index in [2.05, 4.69) is 5.32 Å². The van der Waals surface area contributed by atoms with Crippen molar-refractivity contribution < 1.29 is 17.9 Å². The number of rotatable bonds is 4. The predicted molar refractivity (Wildman–Crippen MR) is 66.6 cm³/mol. The van der Waals surface area contributed by atoms with Gasteiger partial charge in [-0.3, -0.25) is 4.79 Å². The number of nitrogens with one attached hydrogen (secondary N) is 1. The molecule has 1 amide bonds. The van der Waals surface area contributed by atoms with Gasteiger partial charge < -0.3 is 10.1 Å². The van der Waals surface area contributed by atoms with Crippen LogP contribution in [0.15, 0.2) is 0 Å². The Labute approximate surface area is 108 Å². The van der Waals surface area contributed by atoms with E-state index < -0.39 is 16.1 Å². The lowest BCUT2D eigenvalue weighted by Gasteiger charge is -2.22. The molecule has 2 fully saturated rings. The topological polar surface area (TPSA) is 75.7 Å². The maximum atomic E-state index is 12.0. The molecule has 0 saturated carbocycles. The molecular formula is C11H20N2O4S. The number of hydrogen-bond donors (Lipinski definition) is 1. The Hall–Kier alpha value is -0.660. The van der Waals surface area contributed by atoms with Gasteiger partial charge in [0.25, 0.3) is 0 Å². The van der Waals surface area contributed by atoms with Crippen molar-refractivity contribution in [1.82, 2.24) is 9.62 Å². The van der Waals surface area contributed by atoms with E-state index in [9.17, 15) is 13.2 Å². The van der Waals surface area contributed by atoms with Crippen LogP contribution in [-0.4, -0.2) is 56.7 Å². The second-order valence-electron chi connectivity index (χ2n) is 4.91. The first kappa shape index (κ1) is 13.8. The van der Waals surface area contributed by atoms with Crippen LogP contribution in [0.4, 0.5) is 0 Å². The molecule has 0 aromatic carbocycles. The smallest absolute Gasteiger partial charge is 0.238 e. The first-order chi connectivity index (χ1) is 8.48. The number of carbonyl (C=O) groups excluding carboxylic acids is 1. The maximum absolute atomic E-state index is 12.0. The summed E-state index contributed by atoms with van der Waals surface area (Å²) in [6.45, 7) is 1.67. The first-order valence-electron chi connectivity index (χ1n) is 6.34. The molecule has 0 radical (unpaired) electrons. The lowest BCUT2D eigenvalue weighted by molar-refractivity contribution is -0.124. The fourth-order valence-corrected chi connectivity index (χ4v) is 3.66. The third-order valence-electron chi connectivity index (χ3n) is 3.46. The zero-order valence-corrected chi connectivity index (χ0v) is 11.4. The average molecular weight is 276 g/mol. The van der Waals surface area contributed by atoms with Crippen molar-refractivity contribution in [2.45, 2.75) is 37.8 Å². The van der Waals surface area contributed by atoms with E-state index in [0.29, 0.717) is 19.5 Å². The average Bonchev–Trinajstić information content (AvgIpc) is 2.95. The molecule has 2 heterocycles. The lowest BCUT2D eigenvalue weighted by Crippen LogP contribution is -2.47. The van der Waals surface area contributed by atoms with Crippen LogP contribution in [-0.2, 0) is 19.6 Å². The van der Waals surface area contributed by atoms with Gasteiger partial charge in [0.05, 0.1) is 12.4 Å². The summed E-state index contributed by atoms with van der Waals surface area (Å²) in [6.07, 6.45) is 4.57. The molecule has 2 aliphatic rings. The Morgan fingerprint density at radius 2 is 2.17 bits per heavy atom. The van der Waals surface area contributed by atoms with Crippen LogP contribution in [0.1, 0.15) is 25.7 Å². The maximum Gasteiger partial charge on any atom is 0.238 e. The molecule has 6 nitrogen and oxygen atoms in total. The molecule has 104 valence electrons. The number of sulfonamides is 1. The molecule has 2 aliphatic heterocycles. The molecule has 2 rings (SSSR count). The molecule has 18 heavy (non-hydrogen) atoms. The van der Waals surface area contributed by atoms with Crippen LogP contribution in [0.5, 0.6) is 0 Å². The summed E-state index contributed by atoms with van der Waals surface area (Å²) in [5.74, 6) is -0.201. The van der Waals surface area contributed by atoms with Crippen molar-refractivity contribution in [3.8, 4) is 0 Å². The second kappa shape index (κ2) is 5.54. The summed E-state index contributed by atoms with van der Waals surface area (Å²) in [6, 6.07) is -0.540. The van der Waals surface area contributed by atoms with Crippen molar-refractivity contribution >= 4 is 15.9 Å². The molecule has 0 aromatic heterocycles. The highest BCUT2D eigenvalue weighted by molar-refractivity contribution is 7.88. The molecule has 1 N–H and O–H groups in total. The van der Waals surface area contributed by atoms with E-state index >= 15 is 0 Å². The minimum Gasteiger partial charge on any atom is -0.376 e. The van der Waals surface area contributed by atoms with Gasteiger partial charge in [0.15, 0.2) is 0 Å². The van der Waals surface area contributed by atoms with Crippen LogP contribution in [0.3, 0.4) is 0 Å². The van der Waals surface area contributed by atoms with Gasteiger partial charge in [-0.2, -0.15) is 4.31 Å². The molecular weight excluding hydrogens is 256 g/mol. The van der Waals surface area contributed by atoms with E-state index in [-0.39, 0.29) is 12.0 Å². The predicted octanol–water partition coefficient (Wildman–Crippen LogP) is -0.294. The first-order valence-corrected chi connectivity index (χ1v) is 8.19. The van der Waals surface area contributed by atoms with Crippen LogP contribution >= 0.6 is 0 Å². The number of ether oxygens (including phenoxy) is 1. The van der Waals surface area contributed by atoms with Crippen LogP contribution in [0.25, 0.3) is 0 Å². The van der Waals surface area contributed by atoms with Gasteiger partial charge in [-0.1, -0.05) is 0 Å². The third kappa shape index (κ3) is 3.21. The minimum atomic E-state index is -3.29. The summed E-state index contributed by atoms with van der Waals surface area (Å²) >= 11 is 0. The highest BCUT2D eigenvalue weighted by Gasteiger charge is 2.36. The van der Waals surface area contributed by atoms with Gasteiger partial charge in [0, 0.05) is 19.7 Å². The molecule has 2 unspecified atom stereocenters. The lowest BCUT2D eigenvalue weighted by atomic mass is 10.2. The Bertz CT molecular complexity index is 403. The highest BCUT2D eigenvalue weighted by atomic mass is 32.2. The standard InChI is InChI=1S/C11H20N2O4S/c1-18(15,16)13-6-2-5-10(13)11(14)12-8-9-4-3-7-17-9/h9-10H,2-8H2,1H3,(H,12,14). The van der Waals surface area contributed by atoms with Gasteiger partial charge in [0.2, 0.25) is 15.9 Å². The van der Waals surface area contributed by atoms with E-state index in [1.165, 1.54) is 4.31 Å². The zero-order chi connectivity index (χ0) is 13.2. The van der Waals surface area contributed by atoms with Crippen LogP contribution < -0.4 is 5.32 Å². The SMILES string of the molecule is CS(=O)(=O)N1CCCC1C(=O)NCC1CCCO1. The third-order valence-corrected chi connectivity index (χ3v) is 4.75. The van der Waals surface area contributed by atoms with Crippen molar-refractivity contribution in [3.05, 3.63) is 0 Å². The second-order valence-corrected chi connectivity index (χ2v) is 6.85. The summed E-state index contributed by atoms with van der Waals surface area (Å²) in [5.41, 5.74) is 0. The zero-order valence-electron chi connectivity index (χ0n) is 10.6. The molecule has 0 bridgehead atoms. The quantitative estimate of drug-likeness (QED) is 0.765. The number of carbonyl (C=O) groups is 1. The highest BCUT2D eigenvalue weighted by Crippen LogP contribution is 2.20. The molecule has 0 aromatic rings. The molecule has 0 spiro atoms. The Balaban J connectivity index is 1.87. The van der Waals surface area contributed by atoms with Crippen molar-refractivity contribution in [2.75, 3.05) is 26.0 Å². The van der Waals surface area contributed by atoms with Gasteiger partial charge >= 0.3 is 0 Å². The number of nitrogens with zero attached hydrogens (tertiary/aromatic N) is 1. The summed E-state index contributed by atoms with van der Waals surface area (Å²) in [5, 5.41) is 2.80. The molecule has 2 atom stereocenters. The summed E-state index contributed by atoms with van der Waals surface area (Å²) in [7, 11) is -3.29. The van der Waals surface area contributed by atoms with Gasteiger partial charge in [-0.05, 0) is 25.7 Å². The summed E-state index contributed by atoms with van der Waals surface area (Å²) in [4.78, 5) is 12.0. The van der Waals surface area contributed by atoms with E-state index in [1.807, 2.05) is 0 Å². The van der Waals surface area contributed by atoms with E-state index in [0.717, 1.165) is 32.1 Å². The van der Waals surface area contributed by atoms with Gasteiger partial charge in [-0.25, -0.2) is 8.42 Å². The van der Waals surface area contributed by atoms with Gasteiger partial charge in [0.1, 0.15) is 6.04 Å². The monoisotopic (exact) mass is 276 g/mol. The Morgan fingerprint density at radius 1 is 1.39 bits per heavy atom. The Morgan fingerprint density at radius 3 is 2.78 bits per heavy atom. The largest absolute Gasteiger partial charge is 0.376 e. The molecule has 2 saturated heterocycles. The Kier molecular flexibility index (Phi) is 4.24. The number of amides is 1. The fourth-order valence-electron chi connectivity index (χ4n) is 2.54. The van der Waals surface area contributed by atoms with Crippen molar-refractivity contribution in [3.63, 3.8) is 0 Å². The van der Waals surface area contributed by atoms with Crippen molar-refractivity contribution in [1.29, 1.82) is 0 Å². The molecule has 7 heteroatoms. The van der Waals surface area contributed by atoms with Crippen LogP contribution in [0, 0.1) is 0 Å². The fraction of sp³-hybridized carbons (Fsp3) is 0.909. The number of hydrogen-bond acceptors (Lipinski definition) is 4. The van der Waals surface area contributed by atoms with E-state index in [1.54, 1.807) is 0 Å². The molecule has 0 aliphatic carbocycles. The van der Waals surface area contributed by atoms with Crippen LogP contribution in [0.2, 0.25) is 0 Å². The van der Waals surface area contributed by atoms with Gasteiger partial charge in [-0.15, -0.1) is 0 Å². The summed E-state index contributed by atoms with van der Waals surface area (Å²) < 4.78 is 29.8. The minimum absolute atomic E-state index is 0.0852. The normalized spacial score (nSPS) is 29.6. The van der Waals surface area contributed by atoms with E-state index in [4.69, 9.17) is 4.74 Å².